The molecule has 16 heavy (non-hydrogen) atoms. The van der Waals surface area contributed by atoms with E-state index in [9.17, 15) is 5.11 Å². The van der Waals surface area contributed by atoms with Gasteiger partial charge in [-0.1, -0.05) is 30.0 Å². The Kier molecular flexibility index (Phi) is 3.63. The number of aryl methyl sites for hydroxylation is 1. The summed E-state index contributed by atoms with van der Waals surface area (Å²) in [6, 6.07) is 7.89. The van der Waals surface area contributed by atoms with E-state index in [1.54, 1.807) is 30.0 Å². The van der Waals surface area contributed by atoms with Crippen molar-refractivity contribution in [2.24, 2.45) is 0 Å². The zero-order chi connectivity index (χ0) is 11.5. The van der Waals surface area contributed by atoms with Gasteiger partial charge < -0.3 is 5.11 Å². The van der Waals surface area contributed by atoms with Crippen LogP contribution in [-0.4, -0.2) is 10.1 Å². The average Bonchev–Trinajstić information content (AvgIpc) is 2.64. The Morgan fingerprint density at radius 3 is 2.75 bits per heavy atom. The van der Waals surface area contributed by atoms with Gasteiger partial charge in [-0.15, -0.1) is 11.3 Å². The first-order valence-corrected chi connectivity index (χ1v) is 6.73. The number of benzene rings is 1. The molecule has 2 nitrogen and oxygen atoms in total. The zero-order valence-corrected chi connectivity index (χ0v) is 10.8. The van der Waals surface area contributed by atoms with Crippen LogP contribution in [0.5, 0.6) is 0 Å². The predicted molar refractivity (Wildman–Crippen MR) is 68.0 cm³/mol. The first-order chi connectivity index (χ1) is 7.66. The van der Waals surface area contributed by atoms with E-state index in [-0.39, 0.29) is 0 Å². The second-order valence-corrected chi connectivity index (χ2v) is 5.72. The molecule has 2 aromatic rings. The second-order valence-electron chi connectivity index (χ2n) is 3.57. The Balaban J connectivity index is 2.27. The summed E-state index contributed by atoms with van der Waals surface area (Å²) in [5.41, 5.74) is 2.00. The fraction of sp³-hybridized carbons (Fsp3) is 0.250. The van der Waals surface area contributed by atoms with Gasteiger partial charge in [0.25, 0.3) is 0 Å². The van der Waals surface area contributed by atoms with Crippen molar-refractivity contribution in [2.75, 3.05) is 0 Å². The first-order valence-electron chi connectivity index (χ1n) is 5.04. The minimum Gasteiger partial charge on any atom is -0.389 e. The molecule has 0 bridgehead atoms. The molecule has 0 saturated carbocycles. The van der Waals surface area contributed by atoms with Crippen molar-refractivity contribution in [1.82, 2.24) is 4.98 Å². The van der Waals surface area contributed by atoms with Gasteiger partial charge >= 0.3 is 0 Å². The van der Waals surface area contributed by atoms with Gasteiger partial charge in [0, 0.05) is 16.0 Å². The largest absolute Gasteiger partial charge is 0.389 e. The molecule has 0 saturated heterocycles. The fourth-order valence-corrected chi connectivity index (χ4v) is 3.40. The molecule has 1 atom stereocenters. The van der Waals surface area contributed by atoms with E-state index >= 15 is 0 Å². The number of aliphatic hydroxyl groups is 1. The summed E-state index contributed by atoms with van der Waals surface area (Å²) in [5.74, 6) is 0. The minimum atomic E-state index is -0.440. The number of aromatic nitrogens is 1. The first kappa shape index (κ1) is 11.6. The van der Waals surface area contributed by atoms with Gasteiger partial charge in [-0.25, -0.2) is 4.98 Å². The molecule has 84 valence electrons. The monoisotopic (exact) mass is 251 g/mol. The van der Waals surface area contributed by atoms with Crippen LogP contribution in [0.25, 0.3) is 0 Å². The Hall–Kier alpha value is -0.840. The summed E-state index contributed by atoms with van der Waals surface area (Å²) in [7, 11) is 0. The number of rotatable bonds is 3. The van der Waals surface area contributed by atoms with Crippen LogP contribution in [-0.2, 0) is 0 Å². The summed E-state index contributed by atoms with van der Waals surface area (Å²) >= 11 is 3.25. The number of hydrogen-bond donors (Lipinski definition) is 1. The molecule has 0 fully saturated rings. The molecule has 1 aromatic carbocycles. The Labute approximate surface area is 103 Å². The number of hydrogen-bond acceptors (Lipinski definition) is 4. The van der Waals surface area contributed by atoms with Gasteiger partial charge in [0.05, 0.1) is 6.10 Å². The van der Waals surface area contributed by atoms with Crippen molar-refractivity contribution in [3.8, 4) is 0 Å². The molecular formula is C12H13NOS2. The highest BCUT2D eigenvalue weighted by Crippen LogP contribution is 2.34. The number of aliphatic hydroxyl groups excluding tert-OH is 1. The van der Waals surface area contributed by atoms with E-state index in [0.717, 1.165) is 20.5 Å². The normalized spacial score (nSPS) is 12.7. The molecule has 0 amide bonds. The van der Waals surface area contributed by atoms with Crippen LogP contribution < -0.4 is 0 Å². The highest BCUT2D eigenvalue weighted by atomic mass is 32.2. The maximum atomic E-state index is 9.66. The standard InChI is InChI=1S/C12H13NOS2/c1-8-7-15-12(13-8)16-11-6-4-3-5-10(11)9(2)14/h3-7,9,14H,1-2H3/t9-/m0/s1. The summed E-state index contributed by atoms with van der Waals surface area (Å²) < 4.78 is 1.02. The van der Waals surface area contributed by atoms with E-state index < -0.39 is 6.10 Å². The zero-order valence-electron chi connectivity index (χ0n) is 9.18. The topological polar surface area (TPSA) is 33.1 Å². The summed E-state index contributed by atoms with van der Waals surface area (Å²) in [4.78, 5) is 5.48. The highest BCUT2D eigenvalue weighted by Gasteiger charge is 2.09. The quantitative estimate of drug-likeness (QED) is 0.903. The number of nitrogens with zero attached hydrogens (tertiary/aromatic N) is 1. The molecule has 0 radical (unpaired) electrons. The molecule has 4 heteroatoms. The SMILES string of the molecule is Cc1csc(Sc2ccccc2[C@H](C)O)n1. The van der Waals surface area contributed by atoms with Crippen LogP contribution in [0.2, 0.25) is 0 Å². The summed E-state index contributed by atoms with van der Waals surface area (Å²) in [6.07, 6.45) is -0.440. The smallest absolute Gasteiger partial charge is 0.154 e. The van der Waals surface area contributed by atoms with Crippen molar-refractivity contribution in [2.45, 2.75) is 29.2 Å². The van der Waals surface area contributed by atoms with Crippen molar-refractivity contribution in [3.05, 3.63) is 40.9 Å². The van der Waals surface area contributed by atoms with Gasteiger partial charge in [-0.3, -0.25) is 0 Å². The summed E-state index contributed by atoms with van der Waals surface area (Å²) in [6.45, 7) is 3.77. The van der Waals surface area contributed by atoms with Crippen molar-refractivity contribution in [1.29, 1.82) is 0 Å². The lowest BCUT2D eigenvalue weighted by Gasteiger charge is -2.09. The van der Waals surface area contributed by atoms with Gasteiger partial charge in [-0.05, 0) is 25.5 Å². The van der Waals surface area contributed by atoms with E-state index in [0.29, 0.717) is 0 Å². The molecule has 1 heterocycles. The Bertz CT molecular complexity index is 479. The fourth-order valence-electron chi connectivity index (χ4n) is 1.39. The van der Waals surface area contributed by atoms with Crippen LogP contribution in [0.3, 0.4) is 0 Å². The predicted octanol–water partition coefficient (Wildman–Crippen LogP) is 3.66. The van der Waals surface area contributed by atoms with E-state index in [4.69, 9.17) is 0 Å². The van der Waals surface area contributed by atoms with Crippen molar-refractivity contribution >= 4 is 23.1 Å². The van der Waals surface area contributed by atoms with E-state index in [1.807, 2.05) is 36.6 Å². The molecule has 0 aliphatic heterocycles. The van der Waals surface area contributed by atoms with Crippen LogP contribution in [0, 0.1) is 6.92 Å². The molecule has 0 spiro atoms. The Morgan fingerprint density at radius 2 is 2.12 bits per heavy atom. The molecule has 0 unspecified atom stereocenters. The van der Waals surface area contributed by atoms with Gasteiger partial charge in [-0.2, -0.15) is 0 Å². The van der Waals surface area contributed by atoms with Crippen LogP contribution in [0.15, 0.2) is 38.9 Å². The van der Waals surface area contributed by atoms with Crippen molar-refractivity contribution < 1.29 is 5.11 Å². The van der Waals surface area contributed by atoms with Gasteiger partial charge in [0.2, 0.25) is 0 Å². The van der Waals surface area contributed by atoms with E-state index in [1.165, 1.54) is 0 Å². The van der Waals surface area contributed by atoms with Crippen LogP contribution >= 0.6 is 23.1 Å². The molecule has 0 aliphatic carbocycles. The third-order valence-electron chi connectivity index (χ3n) is 2.16. The second kappa shape index (κ2) is 4.99. The maximum Gasteiger partial charge on any atom is 0.154 e. The summed E-state index contributed by atoms with van der Waals surface area (Å²) in [5, 5.41) is 11.7. The lowest BCUT2D eigenvalue weighted by atomic mass is 10.1. The van der Waals surface area contributed by atoms with Crippen LogP contribution in [0.4, 0.5) is 0 Å². The molecule has 2 rings (SSSR count). The maximum absolute atomic E-state index is 9.66. The average molecular weight is 251 g/mol. The molecular weight excluding hydrogens is 238 g/mol. The number of thiazole rings is 1. The van der Waals surface area contributed by atoms with Crippen molar-refractivity contribution in [3.63, 3.8) is 0 Å². The Morgan fingerprint density at radius 1 is 1.38 bits per heavy atom. The molecule has 1 aromatic heterocycles. The third-order valence-corrected chi connectivity index (χ3v) is 4.31. The van der Waals surface area contributed by atoms with E-state index in [2.05, 4.69) is 4.98 Å². The highest BCUT2D eigenvalue weighted by molar-refractivity contribution is 8.01. The van der Waals surface area contributed by atoms with Crippen LogP contribution in [0.1, 0.15) is 24.3 Å². The molecule has 1 N–H and O–H groups in total. The third kappa shape index (κ3) is 2.64. The lowest BCUT2D eigenvalue weighted by molar-refractivity contribution is 0.196. The minimum absolute atomic E-state index is 0.440. The lowest BCUT2D eigenvalue weighted by Crippen LogP contribution is -1.93. The molecule has 0 aliphatic rings. The van der Waals surface area contributed by atoms with Gasteiger partial charge in [0.1, 0.15) is 0 Å². The van der Waals surface area contributed by atoms with Gasteiger partial charge in [0.15, 0.2) is 4.34 Å².